The summed E-state index contributed by atoms with van der Waals surface area (Å²) in [6.45, 7) is 12.8. The number of carbonyl (C=O) groups excluding carboxylic acids is 2. The fraction of sp³-hybridized carbons (Fsp3) is 0.667. The first kappa shape index (κ1) is 25.9. The molecule has 1 saturated heterocycles. The molecule has 1 aromatic carbocycles. The smallest absolute Gasteiger partial charge is 0.251 e. The summed E-state index contributed by atoms with van der Waals surface area (Å²) in [5.41, 5.74) is 0.424. The van der Waals surface area contributed by atoms with E-state index in [1.165, 1.54) is 0 Å². The molecule has 0 aromatic heterocycles. The number of ether oxygens (including phenoxy) is 3. The zero-order valence-electron chi connectivity index (χ0n) is 19.9. The second-order valence-corrected chi connectivity index (χ2v) is 7.81. The van der Waals surface area contributed by atoms with Crippen molar-refractivity contribution in [2.24, 2.45) is 5.92 Å². The molecule has 8 nitrogen and oxygen atoms in total. The number of rotatable bonds is 13. The fourth-order valence-corrected chi connectivity index (χ4v) is 4.07. The molecule has 1 aromatic rings. The Morgan fingerprint density at radius 1 is 1.00 bits per heavy atom. The second kappa shape index (κ2) is 14.0. The minimum Gasteiger partial charge on any atom is -0.490 e. The summed E-state index contributed by atoms with van der Waals surface area (Å²) in [5.74, 6) is 1.10. The average molecular weight is 450 g/mol. The predicted molar refractivity (Wildman–Crippen MR) is 124 cm³/mol. The van der Waals surface area contributed by atoms with E-state index in [9.17, 15) is 9.59 Å². The van der Waals surface area contributed by atoms with Crippen LogP contribution in [0.15, 0.2) is 18.2 Å². The summed E-state index contributed by atoms with van der Waals surface area (Å²) in [7, 11) is 0. The maximum atomic E-state index is 12.6. The number of benzene rings is 1. The zero-order valence-corrected chi connectivity index (χ0v) is 19.9. The molecule has 2 N–H and O–H groups in total. The van der Waals surface area contributed by atoms with Gasteiger partial charge in [-0.3, -0.25) is 14.5 Å². The molecule has 32 heavy (non-hydrogen) atoms. The first-order valence-electron chi connectivity index (χ1n) is 11.8. The van der Waals surface area contributed by atoms with Gasteiger partial charge in [-0.25, -0.2) is 0 Å². The van der Waals surface area contributed by atoms with Crippen LogP contribution in [0.25, 0.3) is 0 Å². The van der Waals surface area contributed by atoms with Crippen molar-refractivity contribution in [3.8, 4) is 11.5 Å². The maximum absolute atomic E-state index is 12.6. The van der Waals surface area contributed by atoms with Gasteiger partial charge >= 0.3 is 0 Å². The van der Waals surface area contributed by atoms with Crippen LogP contribution in [0.3, 0.4) is 0 Å². The predicted octanol–water partition coefficient (Wildman–Crippen LogP) is 2.47. The highest BCUT2D eigenvalue weighted by molar-refractivity contribution is 5.97. The van der Waals surface area contributed by atoms with E-state index in [-0.39, 0.29) is 24.4 Å². The van der Waals surface area contributed by atoms with Crippen LogP contribution in [-0.4, -0.2) is 75.4 Å². The molecule has 2 rings (SSSR count). The number of hydrogen-bond acceptors (Lipinski definition) is 6. The van der Waals surface area contributed by atoms with Crippen molar-refractivity contribution in [2.45, 2.75) is 46.6 Å². The summed E-state index contributed by atoms with van der Waals surface area (Å²) >= 11 is 0. The summed E-state index contributed by atoms with van der Waals surface area (Å²) in [6.07, 6.45) is 2.12. The van der Waals surface area contributed by atoms with Gasteiger partial charge in [0.2, 0.25) is 5.91 Å². The molecule has 1 atom stereocenters. The third kappa shape index (κ3) is 7.67. The third-order valence-electron chi connectivity index (χ3n) is 5.83. The highest BCUT2D eigenvalue weighted by atomic mass is 16.5. The Morgan fingerprint density at radius 3 is 2.28 bits per heavy atom. The van der Waals surface area contributed by atoms with E-state index in [2.05, 4.69) is 29.4 Å². The van der Waals surface area contributed by atoms with Crippen molar-refractivity contribution in [2.75, 3.05) is 52.6 Å². The summed E-state index contributed by atoms with van der Waals surface area (Å²) in [4.78, 5) is 27.4. The summed E-state index contributed by atoms with van der Waals surface area (Å²) < 4.78 is 16.6. The van der Waals surface area contributed by atoms with Crippen LogP contribution in [0.5, 0.6) is 11.5 Å². The molecule has 2 amide bonds. The number of nitrogens with zero attached hydrogens (tertiary/aromatic N) is 1. The molecule has 0 saturated carbocycles. The lowest BCUT2D eigenvalue weighted by molar-refractivity contribution is -0.120. The minimum atomic E-state index is -0.325. The Kier molecular flexibility index (Phi) is 11.3. The van der Waals surface area contributed by atoms with Gasteiger partial charge in [0.1, 0.15) is 0 Å². The SMILES string of the molecule is CCOc1ccc(C(=O)NCC(=O)NCC(C(CC)CC)N2CCOCC2)cc1OCC. The number of nitrogens with one attached hydrogen (secondary N) is 2. The molecule has 1 aliphatic rings. The minimum absolute atomic E-state index is 0.0746. The molecule has 8 heteroatoms. The van der Waals surface area contributed by atoms with E-state index < -0.39 is 0 Å². The van der Waals surface area contributed by atoms with Gasteiger partial charge in [0, 0.05) is 31.2 Å². The Balaban J connectivity index is 1.90. The summed E-state index contributed by atoms with van der Waals surface area (Å²) in [5, 5.41) is 5.71. The number of hydrogen-bond donors (Lipinski definition) is 2. The maximum Gasteiger partial charge on any atom is 0.251 e. The van der Waals surface area contributed by atoms with Crippen LogP contribution >= 0.6 is 0 Å². The normalized spacial score (nSPS) is 15.3. The van der Waals surface area contributed by atoms with E-state index in [1.807, 2.05) is 13.8 Å². The zero-order chi connectivity index (χ0) is 23.3. The van der Waals surface area contributed by atoms with Crippen molar-refractivity contribution in [3.05, 3.63) is 23.8 Å². The van der Waals surface area contributed by atoms with E-state index in [0.29, 0.717) is 42.7 Å². The van der Waals surface area contributed by atoms with Gasteiger partial charge in [-0.1, -0.05) is 26.7 Å². The molecule has 1 aliphatic heterocycles. The van der Waals surface area contributed by atoms with E-state index in [4.69, 9.17) is 14.2 Å². The van der Waals surface area contributed by atoms with Crippen molar-refractivity contribution in [3.63, 3.8) is 0 Å². The van der Waals surface area contributed by atoms with Gasteiger partial charge in [-0.2, -0.15) is 0 Å². The van der Waals surface area contributed by atoms with Gasteiger partial charge in [0.25, 0.3) is 5.91 Å². The molecule has 1 heterocycles. The molecule has 0 spiro atoms. The van der Waals surface area contributed by atoms with Crippen LogP contribution in [0.4, 0.5) is 0 Å². The van der Waals surface area contributed by atoms with Gasteiger partial charge < -0.3 is 24.8 Å². The lowest BCUT2D eigenvalue weighted by Crippen LogP contribution is -2.52. The van der Waals surface area contributed by atoms with Crippen molar-refractivity contribution < 1.29 is 23.8 Å². The van der Waals surface area contributed by atoms with Crippen molar-refractivity contribution in [1.82, 2.24) is 15.5 Å². The lowest BCUT2D eigenvalue weighted by atomic mass is 9.92. The Hall–Kier alpha value is -2.32. The molecule has 1 unspecified atom stereocenters. The van der Waals surface area contributed by atoms with Crippen molar-refractivity contribution >= 4 is 11.8 Å². The van der Waals surface area contributed by atoms with Gasteiger partial charge in [0.15, 0.2) is 11.5 Å². The topological polar surface area (TPSA) is 89.1 Å². The van der Waals surface area contributed by atoms with E-state index in [1.54, 1.807) is 18.2 Å². The number of morpholine rings is 1. The first-order valence-corrected chi connectivity index (χ1v) is 11.8. The Morgan fingerprint density at radius 2 is 1.66 bits per heavy atom. The molecule has 1 fully saturated rings. The Labute approximate surface area is 192 Å². The van der Waals surface area contributed by atoms with Crippen LogP contribution in [0.1, 0.15) is 50.9 Å². The highest BCUT2D eigenvalue weighted by Crippen LogP contribution is 2.28. The fourth-order valence-electron chi connectivity index (χ4n) is 4.07. The largest absolute Gasteiger partial charge is 0.490 e. The molecular weight excluding hydrogens is 410 g/mol. The molecule has 180 valence electrons. The van der Waals surface area contributed by atoms with Crippen LogP contribution in [0.2, 0.25) is 0 Å². The molecule has 0 bridgehead atoms. The first-order chi connectivity index (χ1) is 15.5. The highest BCUT2D eigenvalue weighted by Gasteiger charge is 2.27. The number of amides is 2. The molecular formula is C24H39N3O5. The van der Waals surface area contributed by atoms with Crippen LogP contribution in [-0.2, 0) is 9.53 Å². The Bertz CT molecular complexity index is 718. The van der Waals surface area contributed by atoms with Crippen LogP contribution in [0, 0.1) is 5.92 Å². The van der Waals surface area contributed by atoms with E-state index >= 15 is 0 Å². The monoisotopic (exact) mass is 449 g/mol. The van der Waals surface area contributed by atoms with E-state index in [0.717, 1.165) is 39.1 Å². The average Bonchev–Trinajstić information content (AvgIpc) is 2.82. The van der Waals surface area contributed by atoms with Crippen LogP contribution < -0.4 is 20.1 Å². The van der Waals surface area contributed by atoms with Gasteiger partial charge in [0.05, 0.1) is 33.0 Å². The van der Waals surface area contributed by atoms with Crippen molar-refractivity contribution in [1.29, 1.82) is 0 Å². The third-order valence-corrected chi connectivity index (χ3v) is 5.83. The quantitative estimate of drug-likeness (QED) is 0.481. The van der Waals surface area contributed by atoms with Gasteiger partial charge in [-0.15, -0.1) is 0 Å². The summed E-state index contributed by atoms with van der Waals surface area (Å²) in [6, 6.07) is 5.30. The molecule has 0 radical (unpaired) electrons. The second-order valence-electron chi connectivity index (χ2n) is 7.81. The van der Waals surface area contributed by atoms with Gasteiger partial charge in [-0.05, 0) is 38.0 Å². The lowest BCUT2D eigenvalue weighted by Gasteiger charge is -2.38. The number of carbonyl (C=O) groups is 2. The standard InChI is InChI=1S/C24H39N3O5/c1-5-18(6-2)20(27-11-13-30-14-12-27)16-25-23(28)17-26-24(29)19-9-10-21(31-7-3)22(15-19)32-8-4/h9-10,15,18,20H,5-8,11-14,16-17H2,1-4H3,(H,25,28)(H,26,29). The molecule has 0 aliphatic carbocycles.